The number of hydrogen-bond donors (Lipinski definition) is 1. The monoisotopic (exact) mass is 389 g/mol. The summed E-state index contributed by atoms with van der Waals surface area (Å²) in [6.45, 7) is 4.78. The van der Waals surface area contributed by atoms with Crippen molar-refractivity contribution in [1.29, 1.82) is 0 Å². The Balaban J connectivity index is 1.69. The van der Waals surface area contributed by atoms with Crippen molar-refractivity contribution in [2.75, 3.05) is 6.54 Å². The number of carbonyl (C=O) groups excluding carboxylic acids is 1. The molecule has 0 spiro atoms. The summed E-state index contributed by atoms with van der Waals surface area (Å²) >= 11 is 3.46. The molecule has 1 aromatic carbocycles. The molecule has 2 aliphatic rings. The molecule has 5 heteroatoms. The summed E-state index contributed by atoms with van der Waals surface area (Å²) in [7, 11) is 0. The van der Waals surface area contributed by atoms with Crippen LogP contribution in [0.1, 0.15) is 38.7 Å². The molecule has 128 valence electrons. The van der Waals surface area contributed by atoms with Crippen LogP contribution in [0, 0.1) is 5.92 Å². The van der Waals surface area contributed by atoms with Crippen LogP contribution in [0.15, 0.2) is 39.9 Å². The van der Waals surface area contributed by atoms with Crippen LogP contribution in [0.5, 0.6) is 0 Å². The highest BCUT2D eigenvalue weighted by Gasteiger charge is 2.36. The highest BCUT2D eigenvalue weighted by Crippen LogP contribution is 2.30. The first-order valence-electron chi connectivity index (χ1n) is 8.55. The van der Waals surface area contributed by atoms with Gasteiger partial charge in [-0.15, -0.1) is 0 Å². The molecular formula is C19H24BrN3O. The van der Waals surface area contributed by atoms with Crippen molar-refractivity contribution in [3.63, 3.8) is 0 Å². The second kappa shape index (κ2) is 7.19. The molecule has 0 unspecified atom stereocenters. The molecule has 0 aliphatic carbocycles. The molecule has 1 aromatic rings. The molecule has 1 saturated heterocycles. The summed E-state index contributed by atoms with van der Waals surface area (Å²) in [5.41, 5.74) is 9.58. The summed E-state index contributed by atoms with van der Waals surface area (Å²) < 4.78 is 1.07. The molecule has 0 saturated carbocycles. The molecule has 0 radical (unpaired) electrons. The minimum Gasteiger partial charge on any atom is -0.333 e. The fraction of sp³-hybridized carbons (Fsp3) is 0.474. The number of benzene rings is 1. The van der Waals surface area contributed by atoms with Crippen LogP contribution in [-0.4, -0.2) is 35.1 Å². The van der Waals surface area contributed by atoms with Crippen molar-refractivity contribution in [3.05, 3.63) is 40.5 Å². The van der Waals surface area contributed by atoms with Gasteiger partial charge in [0.2, 0.25) is 5.91 Å². The van der Waals surface area contributed by atoms with Crippen molar-refractivity contribution in [2.45, 2.75) is 45.2 Å². The lowest BCUT2D eigenvalue weighted by Crippen LogP contribution is -2.50. The lowest BCUT2D eigenvalue weighted by Gasteiger charge is -2.29. The summed E-state index contributed by atoms with van der Waals surface area (Å²) in [5, 5.41) is 0. The van der Waals surface area contributed by atoms with E-state index in [1.807, 2.05) is 37.1 Å². The predicted octanol–water partition coefficient (Wildman–Crippen LogP) is 3.61. The molecule has 1 amide bonds. The standard InChI is InChI=1S/C19H24BrN3O/c1-12(2)18(21)19(24)23-9-3-4-17(23)16-10-14(11-22-16)13-5-7-15(20)8-6-13/h5-8,11-12,17-18H,3-4,9-10,21H2,1-2H3/t17-,18-/m0/s1. The van der Waals surface area contributed by atoms with Crippen molar-refractivity contribution >= 4 is 33.1 Å². The van der Waals surface area contributed by atoms with Gasteiger partial charge in [-0.25, -0.2) is 0 Å². The third-order valence-electron chi connectivity index (χ3n) is 4.90. The van der Waals surface area contributed by atoms with E-state index in [9.17, 15) is 4.79 Å². The van der Waals surface area contributed by atoms with Gasteiger partial charge >= 0.3 is 0 Å². The van der Waals surface area contributed by atoms with Crippen LogP contribution in [-0.2, 0) is 4.79 Å². The number of carbonyl (C=O) groups is 1. The zero-order chi connectivity index (χ0) is 17.3. The molecule has 1 fully saturated rings. The average molecular weight is 390 g/mol. The molecule has 2 atom stereocenters. The maximum Gasteiger partial charge on any atom is 0.240 e. The van der Waals surface area contributed by atoms with Crippen LogP contribution >= 0.6 is 15.9 Å². The van der Waals surface area contributed by atoms with E-state index in [-0.39, 0.29) is 17.9 Å². The smallest absolute Gasteiger partial charge is 0.240 e. The number of rotatable bonds is 4. The van der Waals surface area contributed by atoms with Gasteiger partial charge in [-0.05, 0) is 42.0 Å². The molecule has 2 aliphatic heterocycles. The maximum atomic E-state index is 12.7. The third kappa shape index (κ3) is 3.47. The zero-order valence-electron chi connectivity index (χ0n) is 14.2. The Morgan fingerprint density at radius 2 is 2.04 bits per heavy atom. The van der Waals surface area contributed by atoms with E-state index in [0.717, 1.165) is 36.0 Å². The largest absolute Gasteiger partial charge is 0.333 e. The van der Waals surface area contributed by atoms with Gasteiger partial charge in [-0.3, -0.25) is 9.79 Å². The van der Waals surface area contributed by atoms with E-state index in [2.05, 4.69) is 33.1 Å². The highest BCUT2D eigenvalue weighted by molar-refractivity contribution is 9.10. The van der Waals surface area contributed by atoms with E-state index >= 15 is 0 Å². The second-order valence-corrected chi connectivity index (χ2v) is 7.83. The van der Waals surface area contributed by atoms with Crippen LogP contribution < -0.4 is 5.73 Å². The van der Waals surface area contributed by atoms with Gasteiger partial charge in [-0.1, -0.05) is 41.9 Å². The Bertz CT molecular complexity index is 678. The molecule has 2 heterocycles. The molecule has 3 rings (SSSR count). The fourth-order valence-corrected chi connectivity index (χ4v) is 3.61. The first-order valence-corrected chi connectivity index (χ1v) is 9.34. The molecule has 4 nitrogen and oxygen atoms in total. The normalized spacial score (nSPS) is 21.9. The Morgan fingerprint density at radius 1 is 1.33 bits per heavy atom. The summed E-state index contributed by atoms with van der Waals surface area (Å²) in [6, 6.07) is 7.96. The van der Waals surface area contributed by atoms with E-state index in [0.29, 0.717) is 0 Å². The quantitative estimate of drug-likeness (QED) is 0.854. The molecule has 2 N–H and O–H groups in total. The molecule has 24 heavy (non-hydrogen) atoms. The minimum absolute atomic E-state index is 0.0623. The van der Waals surface area contributed by atoms with Gasteiger partial charge in [-0.2, -0.15) is 0 Å². The van der Waals surface area contributed by atoms with E-state index in [1.54, 1.807) is 0 Å². The Labute approximate surface area is 151 Å². The number of likely N-dealkylation sites (tertiary alicyclic amines) is 1. The van der Waals surface area contributed by atoms with Crippen LogP contribution in [0.3, 0.4) is 0 Å². The van der Waals surface area contributed by atoms with E-state index < -0.39 is 6.04 Å². The minimum atomic E-state index is -0.425. The topological polar surface area (TPSA) is 58.7 Å². The lowest BCUT2D eigenvalue weighted by atomic mass is 9.98. The van der Waals surface area contributed by atoms with Gasteiger partial charge in [0.05, 0.1) is 12.1 Å². The van der Waals surface area contributed by atoms with Crippen LogP contribution in [0.2, 0.25) is 0 Å². The zero-order valence-corrected chi connectivity index (χ0v) is 15.8. The van der Waals surface area contributed by atoms with Crippen molar-refractivity contribution in [2.24, 2.45) is 16.6 Å². The van der Waals surface area contributed by atoms with Gasteiger partial charge in [0.1, 0.15) is 0 Å². The second-order valence-electron chi connectivity index (χ2n) is 6.92. The van der Waals surface area contributed by atoms with Gasteiger partial charge in [0.25, 0.3) is 0 Å². The molecular weight excluding hydrogens is 366 g/mol. The van der Waals surface area contributed by atoms with E-state index in [1.165, 1.54) is 11.1 Å². The summed E-state index contributed by atoms with van der Waals surface area (Å²) in [5.74, 6) is 0.216. The van der Waals surface area contributed by atoms with Crippen molar-refractivity contribution < 1.29 is 4.79 Å². The summed E-state index contributed by atoms with van der Waals surface area (Å²) in [4.78, 5) is 19.3. The molecule has 0 aromatic heterocycles. The number of halogens is 1. The fourth-order valence-electron chi connectivity index (χ4n) is 3.35. The first kappa shape index (κ1) is 17.4. The van der Waals surface area contributed by atoms with E-state index in [4.69, 9.17) is 5.73 Å². The van der Waals surface area contributed by atoms with Crippen molar-refractivity contribution in [3.8, 4) is 0 Å². The average Bonchev–Trinajstić information content (AvgIpc) is 3.22. The number of nitrogens with zero attached hydrogens (tertiary/aromatic N) is 2. The predicted molar refractivity (Wildman–Crippen MR) is 102 cm³/mol. The number of hydrogen-bond acceptors (Lipinski definition) is 3. The Hall–Kier alpha value is -1.46. The van der Waals surface area contributed by atoms with Crippen molar-refractivity contribution in [1.82, 2.24) is 4.90 Å². The number of nitrogens with two attached hydrogens (primary N) is 1. The third-order valence-corrected chi connectivity index (χ3v) is 5.43. The highest BCUT2D eigenvalue weighted by atomic mass is 79.9. The SMILES string of the molecule is CC(C)[C@H](N)C(=O)N1CCC[C@H]1C1=NC=C(c2ccc(Br)cc2)C1. The first-order chi connectivity index (χ1) is 11.5. The number of allylic oxidation sites excluding steroid dienone is 1. The Morgan fingerprint density at radius 3 is 2.71 bits per heavy atom. The van der Waals surface area contributed by atoms with Crippen LogP contribution in [0.25, 0.3) is 5.57 Å². The molecule has 0 bridgehead atoms. The van der Waals surface area contributed by atoms with Crippen LogP contribution in [0.4, 0.5) is 0 Å². The lowest BCUT2D eigenvalue weighted by molar-refractivity contribution is -0.133. The number of amides is 1. The van der Waals surface area contributed by atoms with Gasteiger partial charge in [0, 0.05) is 29.3 Å². The van der Waals surface area contributed by atoms with Gasteiger partial charge in [0.15, 0.2) is 0 Å². The maximum absolute atomic E-state index is 12.7. The Kier molecular flexibility index (Phi) is 5.21. The number of aliphatic imine (C=N–C) groups is 1. The van der Waals surface area contributed by atoms with Gasteiger partial charge < -0.3 is 10.6 Å². The summed E-state index contributed by atoms with van der Waals surface area (Å²) in [6.07, 6.45) is 4.76.